The van der Waals surface area contributed by atoms with E-state index in [1.54, 1.807) is 0 Å². The predicted octanol–water partition coefficient (Wildman–Crippen LogP) is -0.456. The molecule has 5 heteroatoms. The monoisotopic (exact) mass is 169 g/mol. The first-order valence-corrected chi connectivity index (χ1v) is 3.57. The Morgan fingerprint density at radius 3 is 3.00 bits per heavy atom. The van der Waals surface area contributed by atoms with Crippen molar-refractivity contribution >= 4 is 11.9 Å². The van der Waals surface area contributed by atoms with E-state index in [9.17, 15) is 9.59 Å². The third kappa shape index (κ3) is 0.831. The van der Waals surface area contributed by atoms with Crippen molar-refractivity contribution < 1.29 is 19.4 Å². The summed E-state index contributed by atoms with van der Waals surface area (Å²) in [6.07, 6.45) is 1.36. The third-order valence-corrected chi connectivity index (χ3v) is 1.95. The Balaban J connectivity index is 2.26. The highest BCUT2D eigenvalue weighted by Gasteiger charge is 2.43. The Morgan fingerprint density at radius 2 is 2.50 bits per heavy atom. The zero-order valence-corrected chi connectivity index (χ0v) is 6.19. The fraction of sp³-hybridized carbons (Fsp3) is 0.429. The molecular weight excluding hydrogens is 162 g/mol. The van der Waals surface area contributed by atoms with Crippen LogP contribution in [-0.4, -0.2) is 34.7 Å². The number of carbonyl (C=O) groups excluding carboxylic acids is 1. The van der Waals surface area contributed by atoms with Crippen LogP contribution >= 0.6 is 0 Å². The zero-order chi connectivity index (χ0) is 8.72. The first kappa shape index (κ1) is 7.30. The van der Waals surface area contributed by atoms with E-state index in [-0.39, 0.29) is 24.4 Å². The SMILES string of the molecule is O=C(O)C1=CCO[C@@H]2CC(=O)N12. The van der Waals surface area contributed by atoms with Gasteiger partial charge in [0.1, 0.15) is 11.9 Å². The molecule has 12 heavy (non-hydrogen) atoms. The first-order chi connectivity index (χ1) is 5.70. The lowest BCUT2D eigenvalue weighted by Gasteiger charge is -2.42. The summed E-state index contributed by atoms with van der Waals surface area (Å²) in [6.45, 7) is 0.274. The molecule has 5 nitrogen and oxygen atoms in total. The van der Waals surface area contributed by atoms with E-state index in [0.717, 1.165) is 0 Å². The van der Waals surface area contributed by atoms with Crippen LogP contribution in [0.15, 0.2) is 11.8 Å². The molecule has 0 aromatic heterocycles. The average Bonchev–Trinajstić information content (AvgIpc) is 2.01. The molecule has 2 heterocycles. The summed E-state index contributed by atoms with van der Waals surface area (Å²) in [5.74, 6) is -1.26. The standard InChI is InChI=1S/C7H7NO4/c9-5-3-6-8(5)4(7(10)11)1-2-12-6/h1,6H,2-3H2,(H,10,11)/t6-/m1/s1. The van der Waals surface area contributed by atoms with Gasteiger partial charge in [0.25, 0.3) is 0 Å². The van der Waals surface area contributed by atoms with Crippen LogP contribution in [0.4, 0.5) is 0 Å². The van der Waals surface area contributed by atoms with Gasteiger partial charge in [-0.1, -0.05) is 0 Å². The highest BCUT2D eigenvalue weighted by atomic mass is 16.5. The minimum Gasteiger partial charge on any atom is -0.477 e. The molecule has 1 N–H and O–H groups in total. The second-order valence-electron chi connectivity index (χ2n) is 2.65. The fourth-order valence-electron chi connectivity index (χ4n) is 1.34. The van der Waals surface area contributed by atoms with Crippen molar-refractivity contribution in [2.24, 2.45) is 0 Å². The lowest BCUT2D eigenvalue weighted by molar-refractivity contribution is -0.173. The average molecular weight is 169 g/mol. The van der Waals surface area contributed by atoms with Gasteiger partial charge in [-0.15, -0.1) is 0 Å². The van der Waals surface area contributed by atoms with Gasteiger partial charge >= 0.3 is 5.97 Å². The van der Waals surface area contributed by atoms with Crippen LogP contribution in [0.3, 0.4) is 0 Å². The van der Waals surface area contributed by atoms with Crippen LogP contribution in [-0.2, 0) is 14.3 Å². The molecule has 1 atom stereocenters. The molecule has 2 aliphatic rings. The number of carbonyl (C=O) groups is 2. The second kappa shape index (κ2) is 2.31. The van der Waals surface area contributed by atoms with Gasteiger partial charge in [-0.05, 0) is 6.08 Å². The molecule has 2 aliphatic heterocycles. The molecule has 1 amide bonds. The van der Waals surface area contributed by atoms with E-state index < -0.39 is 5.97 Å². The van der Waals surface area contributed by atoms with E-state index >= 15 is 0 Å². The van der Waals surface area contributed by atoms with E-state index in [2.05, 4.69) is 0 Å². The largest absolute Gasteiger partial charge is 0.477 e. The number of ether oxygens (including phenoxy) is 1. The van der Waals surface area contributed by atoms with Gasteiger partial charge in [-0.25, -0.2) is 4.79 Å². The van der Waals surface area contributed by atoms with E-state index in [4.69, 9.17) is 9.84 Å². The van der Waals surface area contributed by atoms with E-state index in [0.29, 0.717) is 6.42 Å². The van der Waals surface area contributed by atoms with Crippen molar-refractivity contribution in [2.75, 3.05) is 6.61 Å². The molecule has 0 bridgehead atoms. The van der Waals surface area contributed by atoms with Crippen LogP contribution in [0.2, 0.25) is 0 Å². The van der Waals surface area contributed by atoms with Crippen molar-refractivity contribution in [1.29, 1.82) is 0 Å². The molecule has 64 valence electrons. The summed E-state index contributed by atoms with van der Waals surface area (Å²) in [5.41, 5.74) is 0.0440. The summed E-state index contributed by atoms with van der Waals surface area (Å²) < 4.78 is 5.09. The Hall–Kier alpha value is -1.36. The van der Waals surface area contributed by atoms with Crippen molar-refractivity contribution in [3.63, 3.8) is 0 Å². The number of aliphatic carboxylic acids is 1. The van der Waals surface area contributed by atoms with E-state index in [1.807, 2.05) is 0 Å². The van der Waals surface area contributed by atoms with Gasteiger partial charge in [0.15, 0.2) is 0 Å². The maximum atomic E-state index is 10.9. The minimum atomic E-state index is -1.07. The number of carboxylic acids is 1. The maximum absolute atomic E-state index is 10.9. The lowest BCUT2D eigenvalue weighted by atomic mass is 10.1. The van der Waals surface area contributed by atoms with Crippen LogP contribution in [0.1, 0.15) is 6.42 Å². The minimum absolute atomic E-state index is 0.0440. The number of nitrogens with zero attached hydrogens (tertiary/aromatic N) is 1. The predicted molar refractivity (Wildman–Crippen MR) is 36.9 cm³/mol. The van der Waals surface area contributed by atoms with Gasteiger partial charge in [0.05, 0.1) is 13.0 Å². The normalized spacial score (nSPS) is 27.3. The topological polar surface area (TPSA) is 66.8 Å². The van der Waals surface area contributed by atoms with Crippen molar-refractivity contribution in [2.45, 2.75) is 12.6 Å². The summed E-state index contributed by atoms with van der Waals surface area (Å²) >= 11 is 0. The number of amides is 1. The van der Waals surface area contributed by atoms with E-state index in [1.165, 1.54) is 11.0 Å². The molecular formula is C7H7NO4. The quantitative estimate of drug-likeness (QED) is 0.539. The van der Waals surface area contributed by atoms with Gasteiger partial charge in [0, 0.05) is 0 Å². The summed E-state index contributed by atoms with van der Waals surface area (Å²) in [7, 11) is 0. The molecule has 0 aromatic carbocycles. The van der Waals surface area contributed by atoms with Crippen molar-refractivity contribution in [3.05, 3.63) is 11.8 Å². The van der Waals surface area contributed by atoms with Crippen LogP contribution < -0.4 is 0 Å². The first-order valence-electron chi connectivity index (χ1n) is 3.57. The number of carboxylic acid groups (broad SMARTS) is 1. The fourth-order valence-corrected chi connectivity index (χ4v) is 1.34. The van der Waals surface area contributed by atoms with Crippen molar-refractivity contribution in [3.8, 4) is 0 Å². The number of β-lactam (4-membered cyclic amide) rings is 1. The zero-order valence-electron chi connectivity index (χ0n) is 6.19. The number of hydrogen-bond donors (Lipinski definition) is 1. The summed E-state index contributed by atoms with van der Waals surface area (Å²) in [6, 6.07) is 0. The van der Waals surface area contributed by atoms with Crippen LogP contribution in [0.5, 0.6) is 0 Å². The molecule has 2 rings (SSSR count). The highest BCUT2D eigenvalue weighted by molar-refractivity contribution is 5.96. The van der Waals surface area contributed by atoms with Gasteiger partial charge in [-0.3, -0.25) is 9.69 Å². The summed E-state index contributed by atoms with van der Waals surface area (Å²) in [4.78, 5) is 22.7. The molecule has 0 aliphatic carbocycles. The van der Waals surface area contributed by atoms with Crippen LogP contribution in [0, 0.1) is 0 Å². The van der Waals surface area contributed by atoms with Gasteiger partial charge < -0.3 is 9.84 Å². The lowest BCUT2D eigenvalue weighted by Crippen LogP contribution is -2.56. The molecule has 0 spiro atoms. The highest BCUT2D eigenvalue weighted by Crippen LogP contribution is 2.28. The Morgan fingerprint density at radius 1 is 1.75 bits per heavy atom. The molecule has 0 saturated carbocycles. The van der Waals surface area contributed by atoms with Gasteiger partial charge in [0.2, 0.25) is 5.91 Å². The molecule has 1 saturated heterocycles. The smallest absolute Gasteiger partial charge is 0.352 e. The number of hydrogen-bond acceptors (Lipinski definition) is 3. The molecule has 1 fully saturated rings. The van der Waals surface area contributed by atoms with Crippen molar-refractivity contribution in [1.82, 2.24) is 4.90 Å². The Kier molecular flexibility index (Phi) is 1.41. The Bertz CT molecular complexity index is 283. The molecule has 0 aromatic rings. The maximum Gasteiger partial charge on any atom is 0.352 e. The second-order valence-corrected chi connectivity index (χ2v) is 2.65. The summed E-state index contributed by atoms with van der Waals surface area (Å²) in [5, 5.41) is 8.66. The Labute approximate surface area is 68.2 Å². The number of rotatable bonds is 1. The molecule has 0 unspecified atom stereocenters. The molecule has 0 radical (unpaired) electrons. The number of fused-ring (bicyclic) bond motifs is 1. The van der Waals surface area contributed by atoms with Crippen LogP contribution in [0.25, 0.3) is 0 Å². The van der Waals surface area contributed by atoms with Gasteiger partial charge in [-0.2, -0.15) is 0 Å². The third-order valence-electron chi connectivity index (χ3n) is 1.95.